The fourth-order valence-corrected chi connectivity index (χ4v) is 4.93. The molecule has 0 unspecified atom stereocenters. The summed E-state index contributed by atoms with van der Waals surface area (Å²) in [5, 5.41) is 12.5. The predicted molar refractivity (Wildman–Crippen MR) is 159 cm³/mol. The van der Waals surface area contributed by atoms with Crippen molar-refractivity contribution in [3.8, 4) is 17.6 Å². The zero-order valence-electron chi connectivity index (χ0n) is 22.1. The summed E-state index contributed by atoms with van der Waals surface area (Å²) in [5.74, 6) is 0.870. The first kappa shape index (κ1) is 27.7. The first-order valence-corrected chi connectivity index (χ1v) is 13.3. The molecule has 0 aromatic heterocycles. The number of nitrogens with one attached hydrogen (secondary N) is 1. The molecule has 0 aliphatic heterocycles. The van der Waals surface area contributed by atoms with E-state index in [1.807, 2.05) is 48.5 Å². The van der Waals surface area contributed by atoms with Crippen molar-refractivity contribution in [3.05, 3.63) is 128 Å². The second-order valence-corrected chi connectivity index (χ2v) is 10.1. The molecule has 0 atom stereocenters. The molecule has 196 valence electrons. The van der Waals surface area contributed by atoms with E-state index in [-0.39, 0.29) is 5.57 Å². The average Bonchev–Trinajstić information content (AvgIpc) is 2.92. The van der Waals surface area contributed by atoms with Crippen LogP contribution in [0, 0.1) is 25.2 Å². The molecule has 0 saturated carbocycles. The third-order valence-corrected chi connectivity index (χ3v) is 6.80. The van der Waals surface area contributed by atoms with Crippen molar-refractivity contribution in [3.63, 3.8) is 0 Å². The molecule has 1 N–H and O–H groups in total. The first-order valence-electron chi connectivity index (χ1n) is 12.5. The Hall–Kier alpha value is -4.34. The zero-order valence-corrected chi connectivity index (χ0v) is 23.7. The summed E-state index contributed by atoms with van der Waals surface area (Å²) < 4.78 is 12.3. The maximum absolute atomic E-state index is 12.9. The lowest BCUT2D eigenvalue weighted by Crippen LogP contribution is -2.13. The van der Waals surface area contributed by atoms with E-state index in [1.165, 1.54) is 16.7 Å². The minimum absolute atomic E-state index is 0.0181. The Labute approximate surface area is 237 Å². The number of carbonyl (C=O) groups excluding carboxylic acids is 1. The van der Waals surface area contributed by atoms with Gasteiger partial charge in [-0.3, -0.25) is 4.79 Å². The van der Waals surface area contributed by atoms with Gasteiger partial charge in [-0.05, 0) is 73.0 Å². The maximum atomic E-state index is 12.9. The van der Waals surface area contributed by atoms with Gasteiger partial charge in [0.15, 0.2) is 0 Å². The Morgan fingerprint density at radius 1 is 0.949 bits per heavy atom. The molecular formula is C33H29BrN2O3. The molecule has 6 heteroatoms. The molecule has 5 nitrogen and oxygen atoms in total. The number of hydrogen-bond acceptors (Lipinski definition) is 4. The smallest absolute Gasteiger partial charge is 0.266 e. The largest absolute Gasteiger partial charge is 0.496 e. The van der Waals surface area contributed by atoms with Crippen molar-refractivity contribution in [2.45, 2.75) is 26.9 Å². The zero-order chi connectivity index (χ0) is 27.8. The molecule has 0 fully saturated rings. The van der Waals surface area contributed by atoms with Crippen LogP contribution in [0.4, 0.5) is 5.69 Å². The first-order chi connectivity index (χ1) is 18.8. The molecule has 4 rings (SSSR count). The number of halogens is 1. The van der Waals surface area contributed by atoms with E-state index in [0.717, 1.165) is 15.6 Å². The second-order valence-electron chi connectivity index (χ2n) is 9.28. The van der Waals surface area contributed by atoms with Crippen molar-refractivity contribution in [2.24, 2.45) is 0 Å². The number of amides is 1. The summed E-state index contributed by atoms with van der Waals surface area (Å²) in [6.07, 6.45) is 2.24. The predicted octanol–water partition coefficient (Wildman–Crippen LogP) is 7.79. The average molecular weight is 582 g/mol. The van der Waals surface area contributed by atoms with Crippen molar-refractivity contribution in [1.82, 2.24) is 0 Å². The quantitative estimate of drug-likeness (QED) is 0.162. The normalized spacial score (nSPS) is 11.0. The van der Waals surface area contributed by atoms with Crippen LogP contribution in [0.1, 0.15) is 33.4 Å². The number of methoxy groups -OCH3 is 1. The van der Waals surface area contributed by atoms with Gasteiger partial charge in [0.2, 0.25) is 0 Å². The molecule has 0 aliphatic rings. The third kappa shape index (κ3) is 7.59. The number of carbonyl (C=O) groups is 1. The SMILES string of the molecule is COc1cc(/C=C(\C#N)C(=O)Nc2ccc(OCc3ccccc3)cc2)cc(Br)c1Cc1cc(C)cc(C)c1. The van der Waals surface area contributed by atoms with Gasteiger partial charge in [-0.2, -0.15) is 5.26 Å². The van der Waals surface area contributed by atoms with E-state index >= 15 is 0 Å². The number of hydrogen-bond donors (Lipinski definition) is 1. The maximum Gasteiger partial charge on any atom is 0.266 e. The molecule has 0 saturated heterocycles. The van der Waals surface area contributed by atoms with E-state index in [9.17, 15) is 10.1 Å². The summed E-state index contributed by atoms with van der Waals surface area (Å²) in [5.41, 5.74) is 6.89. The highest BCUT2D eigenvalue weighted by Gasteiger charge is 2.14. The molecule has 0 radical (unpaired) electrons. The van der Waals surface area contributed by atoms with Gasteiger partial charge in [0.1, 0.15) is 29.7 Å². The number of anilines is 1. The molecule has 0 heterocycles. The van der Waals surface area contributed by atoms with Crippen molar-refractivity contribution in [1.29, 1.82) is 5.26 Å². The number of ether oxygens (including phenoxy) is 2. The third-order valence-electron chi connectivity index (χ3n) is 6.10. The van der Waals surface area contributed by atoms with Gasteiger partial charge in [0.25, 0.3) is 5.91 Å². The van der Waals surface area contributed by atoms with Gasteiger partial charge in [-0.25, -0.2) is 0 Å². The Morgan fingerprint density at radius 2 is 1.64 bits per heavy atom. The summed E-state index contributed by atoms with van der Waals surface area (Å²) in [7, 11) is 1.62. The number of aryl methyl sites for hydroxylation is 2. The highest BCUT2D eigenvalue weighted by molar-refractivity contribution is 9.10. The Morgan fingerprint density at radius 3 is 2.28 bits per heavy atom. The fourth-order valence-electron chi connectivity index (χ4n) is 4.33. The molecule has 0 spiro atoms. The summed E-state index contributed by atoms with van der Waals surface area (Å²) >= 11 is 3.67. The number of nitrogens with zero attached hydrogens (tertiary/aromatic N) is 1. The van der Waals surface area contributed by atoms with Gasteiger partial charge in [0.05, 0.1) is 7.11 Å². The van der Waals surface area contributed by atoms with Gasteiger partial charge < -0.3 is 14.8 Å². The minimum atomic E-state index is -0.496. The van der Waals surface area contributed by atoms with Crippen LogP contribution in [-0.4, -0.2) is 13.0 Å². The number of benzene rings is 4. The Bertz CT molecular complexity index is 1520. The van der Waals surface area contributed by atoms with E-state index < -0.39 is 5.91 Å². The molecule has 39 heavy (non-hydrogen) atoms. The van der Waals surface area contributed by atoms with Crippen LogP contribution < -0.4 is 14.8 Å². The monoisotopic (exact) mass is 580 g/mol. The van der Waals surface area contributed by atoms with E-state index in [0.29, 0.717) is 35.8 Å². The summed E-state index contributed by atoms with van der Waals surface area (Å²) in [4.78, 5) is 12.9. The molecule has 0 aliphatic carbocycles. The van der Waals surface area contributed by atoms with Crippen molar-refractivity contribution >= 4 is 33.6 Å². The fraction of sp³-hybridized carbons (Fsp3) is 0.152. The van der Waals surface area contributed by atoms with Gasteiger partial charge in [-0.15, -0.1) is 0 Å². The topological polar surface area (TPSA) is 71.3 Å². The van der Waals surface area contributed by atoms with Gasteiger partial charge in [-0.1, -0.05) is 75.6 Å². The van der Waals surface area contributed by atoms with Crippen LogP contribution in [0.25, 0.3) is 6.08 Å². The van der Waals surface area contributed by atoms with Crippen molar-refractivity contribution in [2.75, 3.05) is 12.4 Å². The summed E-state index contributed by atoms with van der Waals surface area (Å²) in [6, 6.07) is 29.1. The number of nitriles is 1. The Balaban J connectivity index is 1.46. The van der Waals surface area contributed by atoms with Crippen LogP contribution in [0.5, 0.6) is 11.5 Å². The molecular weight excluding hydrogens is 552 g/mol. The van der Waals surface area contributed by atoms with Crippen LogP contribution in [-0.2, 0) is 17.8 Å². The molecule has 1 amide bonds. The summed E-state index contributed by atoms with van der Waals surface area (Å²) in [6.45, 7) is 4.62. The second kappa shape index (κ2) is 12.9. The van der Waals surface area contributed by atoms with Crippen LogP contribution >= 0.6 is 15.9 Å². The van der Waals surface area contributed by atoms with Crippen LogP contribution in [0.2, 0.25) is 0 Å². The van der Waals surface area contributed by atoms with Gasteiger partial charge in [0, 0.05) is 22.1 Å². The van der Waals surface area contributed by atoms with E-state index in [1.54, 1.807) is 37.5 Å². The number of rotatable bonds is 9. The molecule has 0 bridgehead atoms. The lowest BCUT2D eigenvalue weighted by atomic mass is 9.98. The van der Waals surface area contributed by atoms with E-state index in [2.05, 4.69) is 53.3 Å². The Kier molecular flexibility index (Phi) is 9.19. The van der Waals surface area contributed by atoms with Gasteiger partial charge >= 0.3 is 0 Å². The van der Waals surface area contributed by atoms with Crippen molar-refractivity contribution < 1.29 is 14.3 Å². The van der Waals surface area contributed by atoms with Crippen LogP contribution in [0.15, 0.2) is 95.0 Å². The highest BCUT2D eigenvalue weighted by Crippen LogP contribution is 2.32. The van der Waals surface area contributed by atoms with E-state index in [4.69, 9.17) is 9.47 Å². The highest BCUT2D eigenvalue weighted by atomic mass is 79.9. The molecule has 4 aromatic rings. The standard InChI is InChI=1S/C33H29BrN2O3/c1-22-13-23(2)15-25(14-22)17-30-31(34)18-26(19-32(30)38-3)16-27(20-35)33(37)36-28-9-11-29(12-10-28)39-21-24-7-5-4-6-8-24/h4-16,18-19H,17,21H2,1-3H3,(H,36,37)/b27-16+. The lowest BCUT2D eigenvalue weighted by Gasteiger charge is -2.14. The van der Waals surface area contributed by atoms with Crippen LogP contribution in [0.3, 0.4) is 0 Å². The lowest BCUT2D eigenvalue weighted by molar-refractivity contribution is -0.112. The molecule has 4 aromatic carbocycles. The minimum Gasteiger partial charge on any atom is -0.496 e.